The Bertz CT molecular complexity index is 705. The molecule has 1 aromatic carbocycles. The zero-order chi connectivity index (χ0) is 13.2. The SMILES string of the molecule is NCC(c1ccccc1F)c1c[nH]c2ncccc12. The van der Waals surface area contributed by atoms with E-state index < -0.39 is 0 Å². The number of nitrogens with zero attached hydrogens (tertiary/aromatic N) is 1. The maximum absolute atomic E-state index is 13.9. The number of fused-ring (bicyclic) bond motifs is 1. The molecule has 1 unspecified atom stereocenters. The Balaban J connectivity index is 2.15. The molecule has 0 aliphatic carbocycles. The summed E-state index contributed by atoms with van der Waals surface area (Å²) in [5.74, 6) is -0.393. The van der Waals surface area contributed by atoms with Crippen LogP contribution in [0.25, 0.3) is 11.0 Å². The summed E-state index contributed by atoms with van der Waals surface area (Å²) in [6.45, 7) is 0.350. The summed E-state index contributed by atoms with van der Waals surface area (Å²) in [6, 6.07) is 10.6. The molecule has 0 radical (unpaired) electrons. The lowest BCUT2D eigenvalue weighted by Gasteiger charge is -2.15. The van der Waals surface area contributed by atoms with Crippen LogP contribution in [0.15, 0.2) is 48.8 Å². The Labute approximate surface area is 110 Å². The van der Waals surface area contributed by atoms with Gasteiger partial charge in [-0.05, 0) is 29.3 Å². The van der Waals surface area contributed by atoms with E-state index in [2.05, 4.69) is 9.97 Å². The zero-order valence-corrected chi connectivity index (χ0v) is 10.3. The average molecular weight is 255 g/mol. The molecule has 0 bridgehead atoms. The van der Waals surface area contributed by atoms with Gasteiger partial charge < -0.3 is 10.7 Å². The monoisotopic (exact) mass is 255 g/mol. The van der Waals surface area contributed by atoms with Crippen LogP contribution in [0.4, 0.5) is 4.39 Å². The lowest BCUT2D eigenvalue weighted by Crippen LogP contribution is -2.14. The first-order valence-corrected chi connectivity index (χ1v) is 6.17. The van der Waals surface area contributed by atoms with E-state index in [1.54, 1.807) is 18.3 Å². The van der Waals surface area contributed by atoms with Crippen molar-refractivity contribution in [3.05, 3.63) is 65.7 Å². The van der Waals surface area contributed by atoms with E-state index in [1.807, 2.05) is 24.4 Å². The van der Waals surface area contributed by atoms with E-state index in [4.69, 9.17) is 5.73 Å². The number of H-pyrrole nitrogens is 1. The van der Waals surface area contributed by atoms with Crippen molar-refractivity contribution in [3.63, 3.8) is 0 Å². The van der Waals surface area contributed by atoms with Crippen molar-refractivity contribution >= 4 is 11.0 Å². The maximum atomic E-state index is 13.9. The van der Waals surface area contributed by atoms with Crippen LogP contribution in [-0.2, 0) is 0 Å². The van der Waals surface area contributed by atoms with Gasteiger partial charge in [-0.15, -0.1) is 0 Å². The lowest BCUT2D eigenvalue weighted by molar-refractivity contribution is 0.598. The second-order valence-electron chi connectivity index (χ2n) is 4.45. The number of hydrogen-bond acceptors (Lipinski definition) is 2. The Kier molecular flexibility index (Phi) is 3.01. The molecule has 1 atom stereocenters. The second kappa shape index (κ2) is 4.82. The minimum Gasteiger partial charge on any atom is -0.346 e. The number of aromatic nitrogens is 2. The third-order valence-electron chi connectivity index (χ3n) is 3.37. The van der Waals surface area contributed by atoms with Crippen molar-refractivity contribution in [2.75, 3.05) is 6.54 Å². The van der Waals surface area contributed by atoms with Gasteiger partial charge in [-0.2, -0.15) is 0 Å². The van der Waals surface area contributed by atoms with E-state index in [-0.39, 0.29) is 11.7 Å². The van der Waals surface area contributed by atoms with Crippen molar-refractivity contribution < 1.29 is 4.39 Å². The molecule has 0 spiro atoms. The molecule has 0 fully saturated rings. The molecule has 0 saturated carbocycles. The van der Waals surface area contributed by atoms with Gasteiger partial charge in [-0.1, -0.05) is 18.2 Å². The molecule has 96 valence electrons. The predicted octanol–water partition coefficient (Wildman–Crippen LogP) is 2.79. The van der Waals surface area contributed by atoms with Crippen LogP contribution in [0.2, 0.25) is 0 Å². The number of aromatic amines is 1. The average Bonchev–Trinajstić information content (AvgIpc) is 2.86. The zero-order valence-electron chi connectivity index (χ0n) is 10.3. The Morgan fingerprint density at radius 1 is 1.16 bits per heavy atom. The van der Waals surface area contributed by atoms with Gasteiger partial charge >= 0.3 is 0 Å². The fraction of sp³-hybridized carbons (Fsp3) is 0.133. The third-order valence-corrected chi connectivity index (χ3v) is 3.37. The van der Waals surface area contributed by atoms with Gasteiger partial charge in [0.25, 0.3) is 0 Å². The smallest absolute Gasteiger partial charge is 0.137 e. The quantitative estimate of drug-likeness (QED) is 0.756. The fourth-order valence-corrected chi connectivity index (χ4v) is 2.44. The molecule has 0 saturated heterocycles. The Morgan fingerprint density at radius 2 is 2.00 bits per heavy atom. The van der Waals surface area contributed by atoms with Crippen LogP contribution in [0.3, 0.4) is 0 Å². The van der Waals surface area contributed by atoms with Crippen LogP contribution in [-0.4, -0.2) is 16.5 Å². The molecule has 2 heterocycles. The van der Waals surface area contributed by atoms with Crippen molar-refractivity contribution in [1.82, 2.24) is 9.97 Å². The first-order chi connectivity index (χ1) is 9.31. The minimum atomic E-state index is -0.226. The first kappa shape index (κ1) is 11.9. The van der Waals surface area contributed by atoms with Crippen molar-refractivity contribution in [1.29, 1.82) is 0 Å². The molecule has 0 amide bonds. The van der Waals surface area contributed by atoms with E-state index in [1.165, 1.54) is 6.07 Å². The largest absolute Gasteiger partial charge is 0.346 e. The summed E-state index contributed by atoms with van der Waals surface area (Å²) in [5, 5.41) is 0.987. The van der Waals surface area contributed by atoms with Crippen LogP contribution >= 0.6 is 0 Å². The van der Waals surface area contributed by atoms with Crippen LogP contribution in [0.5, 0.6) is 0 Å². The standard InChI is InChI=1S/C15H14FN3/c16-14-6-2-1-4-10(14)12(8-17)13-9-19-15-11(13)5-3-7-18-15/h1-7,9,12H,8,17H2,(H,18,19). The van der Waals surface area contributed by atoms with Crippen LogP contribution in [0.1, 0.15) is 17.0 Å². The van der Waals surface area contributed by atoms with Crippen LogP contribution < -0.4 is 5.73 Å². The highest BCUT2D eigenvalue weighted by molar-refractivity contribution is 5.80. The highest BCUT2D eigenvalue weighted by Crippen LogP contribution is 2.30. The van der Waals surface area contributed by atoms with E-state index in [9.17, 15) is 4.39 Å². The van der Waals surface area contributed by atoms with Gasteiger partial charge in [0, 0.05) is 30.2 Å². The molecular weight excluding hydrogens is 241 g/mol. The Morgan fingerprint density at radius 3 is 2.79 bits per heavy atom. The summed E-state index contributed by atoms with van der Waals surface area (Å²) < 4.78 is 13.9. The molecule has 19 heavy (non-hydrogen) atoms. The molecule has 4 heteroatoms. The molecule has 3 N–H and O–H groups in total. The summed E-state index contributed by atoms with van der Waals surface area (Å²) in [5.41, 5.74) is 8.26. The molecular formula is C15H14FN3. The molecule has 0 aliphatic rings. The molecule has 3 aromatic rings. The number of halogens is 1. The van der Waals surface area contributed by atoms with Gasteiger partial charge in [0.1, 0.15) is 11.5 Å². The summed E-state index contributed by atoms with van der Waals surface area (Å²) in [6.07, 6.45) is 3.59. The highest BCUT2D eigenvalue weighted by Gasteiger charge is 2.19. The summed E-state index contributed by atoms with van der Waals surface area (Å²) in [7, 11) is 0. The molecule has 3 rings (SSSR count). The molecule has 0 aliphatic heterocycles. The summed E-state index contributed by atoms with van der Waals surface area (Å²) in [4.78, 5) is 7.35. The van der Waals surface area contributed by atoms with E-state index in [0.717, 1.165) is 16.6 Å². The van der Waals surface area contributed by atoms with Gasteiger partial charge in [0.05, 0.1) is 0 Å². The van der Waals surface area contributed by atoms with Gasteiger partial charge in [0.2, 0.25) is 0 Å². The Hall–Kier alpha value is -2.20. The molecule has 2 aromatic heterocycles. The van der Waals surface area contributed by atoms with E-state index in [0.29, 0.717) is 12.1 Å². The normalized spacial score (nSPS) is 12.7. The van der Waals surface area contributed by atoms with Gasteiger partial charge in [0.15, 0.2) is 0 Å². The van der Waals surface area contributed by atoms with Crippen molar-refractivity contribution in [2.24, 2.45) is 5.73 Å². The highest BCUT2D eigenvalue weighted by atomic mass is 19.1. The number of nitrogens with one attached hydrogen (secondary N) is 1. The minimum absolute atomic E-state index is 0.167. The van der Waals surface area contributed by atoms with Crippen LogP contribution in [0, 0.1) is 5.82 Å². The lowest BCUT2D eigenvalue weighted by atomic mass is 9.91. The number of nitrogens with two attached hydrogens (primary N) is 1. The summed E-state index contributed by atoms with van der Waals surface area (Å²) >= 11 is 0. The van der Waals surface area contributed by atoms with E-state index >= 15 is 0 Å². The van der Waals surface area contributed by atoms with Gasteiger partial charge in [-0.3, -0.25) is 0 Å². The van der Waals surface area contributed by atoms with Crippen molar-refractivity contribution in [2.45, 2.75) is 5.92 Å². The number of hydrogen-bond donors (Lipinski definition) is 2. The predicted molar refractivity (Wildman–Crippen MR) is 73.4 cm³/mol. The number of pyridine rings is 1. The fourth-order valence-electron chi connectivity index (χ4n) is 2.44. The molecule has 3 nitrogen and oxygen atoms in total. The topological polar surface area (TPSA) is 54.7 Å². The first-order valence-electron chi connectivity index (χ1n) is 6.17. The second-order valence-corrected chi connectivity index (χ2v) is 4.45. The third kappa shape index (κ3) is 2.00. The number of benzene rings is 1. The van der Waals surface area contributed by atoms with Gasteiger partial charge in [-0.25, -0.2) is 9.37 Å². The maximum Gasteiger partial charge on any atom is 0.137 e. The van der Waals surface area contributed by atoms with Crippen molar-refractivity contribution in [3.8, 4) is 0 Å². The number of rotatable bonds is 3.